The third kappa shape index (κ3) is 3.41. The van der Waals surface area contributed by atoms with Crippen molar-refractivity contribution in [1.82, 2.24) is 14.9 Å². The molecule has 0 bridgehead atoms. The Morgan fingerprint density at radius 1 is 1.28 bits per heavy atom. The van der Waals surface area contributed by atoms with Gasteiger partial charge in [-0.2, -0.15) is 14.9 Å². The topological polar surface area (TPSA) is 66.2 Å². The van der Waals surface area contributed by atoms with Crippen LogP contribution in [0.25, 0.3) is 11.4 Å². The molecule has 0 saturated carbocycles. The lowest BCUT2D eigenvalue weighted by molar-refractivity contribution is 0.469. The van der Waals surface area contributed by atoms with Crippen LogP contribution < -0.4 is 0 Å². The van der Waals surface area contributed by atoms with E-state index in [9.17, 15) is 9.50 Å². The Morgan fingerprint density at radius 2 is 2.08 bits per heavy atom. The predicted octanol–water partition coefficient (Wildman–Crippen LogP) is 4.06. The van der Waals surface area contributed by atoms with Crippen LogP contribution in [0.1, 0.15) is 11.1 Å². The van der Waals surface area contributed by atoms with Crippen molar-refractivity contribution in [3.8, 4) is 17.1 Å². The fraction of sp³-hybridized carbons (Fsp3) is 0.0556. The molecule has 0 atom stereocenters. The van der Waals surface area contributed by atoms with Gasteiger partial charge in [0, 0.05) is 5.56 Å². The largest absolute Gasteiger partial charge is 0.507 e. The number of rotatable bonds is 5. The second-order valence-electron chi connectivity index (χ2n) is 5.24. The number of phenolic OH excluding ortho intramolecular Hbond substituents is 1. The van der Waals surface area contributed by atoms with Crippen molar-refractivity contribution in [3.05, 3.63) is 76.8 Å². The number of aromatic nitrogens is 3. The van der Waals surface area contributed by atoms with Gasteiger partial charge in [-0.05, 0) is 42.4 Å². The molecule has 0 saturated heterocycles. The van der Waals surface area contributed by atoms with E-state index in [2.05, 4.69) is 21.9 Å². The van der Waals surface area contributed by atoms with Crippen LogP contribution in [0.3, 0.4) is 0 Å². The monoisotopic (exact) mass is 354 g/mol. The molecule has 1 heterocycles. The molecule has 3 aromatic rings. The highest BCUT2D eigenvalue weighted by Crippen LogP contribution is 2.23. The van der Waals surface area contributed by atoms with Crippen molar-refractivity contribution in [2.45, 2.75) is 6.42 Å². The van der Waals surface area contributed by atoms with Gasteiger partial charge in [-0.3, -0.25) is 0 Å². The summed E-state index contributed by atoms with van der Waals surface area (Å²) in [5.74, 6) is -0.0570. The normalized spacial score (nSPS) is 11.1. The molecule has 2 N–H and O–H groups in total. The van der Waals surface area contributed by atoms with Crippen LogP contribution in [-0.2, 0) is 6.42 Å². The van der Waals surface area contributed by atoms with Gasteiger partial charge in [-0.25, -0.2) is 9.49 Å². The maximum Gasteiger partial charge on any atom is 0.216 e. The van der Waals surface area contributed by atoms with Crippen LogP contribution in [-0.4, -0.2) is 26.2 Å². The Hall–Kier alpha value is -3.06. The molecule has 5 nitrogen and oxygen atoms in total. The summed E-state index contributed by atoms with van der Waals surface area (Å²) < 4.78 is 15.6. The molecule has 126 valence electrons. The number of nitrogens with one attached hydrogen (secondary N) is 1. The third-order valence-corrected chi connectivity index (χ3v) is 3.86. The number of halogens is 1. The molecule has 0 unspecified atom stereocenters. The van der Waals surface area contributed by atoms with E-state index in [4.69, 9.17) is 12.2 Å². The quantitative estimate of drug-likeness (QED) is 0.412. The Morgan fingerprint density at radius 3 is 2.84 bits per heavy atom. The molecule has 2 aromatic carbocycles. The lowest BCUT2D eigenvalue weighted by atomic mass is 10.1. The van der Waals surface area contributed by atoms with E-state index in [-0.39, 0.29) is 21.9 Å². The smallest absolute Gasteiger partial charge is 0.216 e. The summed E-state index contributed by atoms with van der Waals surface area (Å²) in [5, 5.41) is 21.2. The number of aromatic hydroxyl groups is 1. The lowest BCUT2D eigenvalue weighted by Gasteiger charge is -2.05. The summed E-state index contributed by atoms with van der Waals surface area (Å²) in [7, 11) is 0. The molecule has 7 heteroatoms. The van der Waals surface area contributed by atoms with Gasteiger partial charge < -0.3 is 5.11 Å². The van der Waals surface area contributed by atoms with Crippen molar-refractivity contribution < 1.29 is 9.50 Å². The second-order valence-corrected chi connectivity index (χ2v) is 5.62. The van der Waals surface area contributed by atoms with Crippen molar-refractivity contribution >= 4 is 18.4 Å². The first-order valence-corrected chi connectivity index (χ1v) is 7.91. The zero-order valence-electron chi connectivity index (χ0n) is 13.2. The molecular weight excluding hydrogens is 339 g/mol. The van der Waals surface area contributed by atoms with Gasteiger partial charge >= 0.3 is 0 Å². The average Bonchev–Trinajstić information content (AvgIpc) is 2.97. The minimum atomic E-state index is -0.427. The van der Waals surface area contributed by atoms with Crippen LogP contribution in [0.5, 0.6) is 5.75 Å². The molecule has 0 aliphatic carbocycles. The molecule has 0 amide bonds. The maximum atomic E-state index is 14.0. The highest BCUT2D eigenvalue weighted by atomic mass is 32.1. The van der Waals surface area contributed by atoms with Crippen LogP contribution in [0.15, 0.2) is 60.2 Å². The molecular formula is C18H15FN4OS. The fourth-order valence-corrected chi connectivity index (χ4v) is 2.55. The summed E-state index contributed by atoms with van der Waals surface area (Å²) >= 11 is 5.16. The number of H-pyrrole nitrogens is 1. The number of para-hydroxylation sites is 1. The maximum absolute atomic E-state index is 14.0. The van der Waals surface area contributed by atoms with Crippen molar-refractivity contribution in [1.29, 1.82) is 0 Å². The summed E-state index contributed by atoms with van der Waals surface area (Å²) in [6.45, 7) is 3.67. The van der Waals surface area contributed by atoms with Gasteiger partial charge in [-0.15, -0.1) is 6.58 Å². The van der Waals surface area contributed by atoms with Crippen LogP contribution in [0.4, 0.5) is 4.39 Å². The van der Waals surface area contributed by atoms with Gasteiger partial charge in [0.25, 0.3) is 0 Å². The molecule has 0 aliphatic heterocycles. The van der Waals surface area contributed by atoms with Gasteiger partial charge in [0.15, 0.2) is 5.82 Å². The summed E-state index contributed by atoms with van der Waals surface area (Å²) in [5.41, 5.74) is 1.53. The van der Waals surface area contributed by atoms with Gasteiger partial charge in [0.05, 0.1) is 11.8 Å². The highest BCUT2D eigenvalue weighted by Gasteiger charge is 2.12. The molecule has 0 aliphatic rings. The van der Waals surface area contributed by atoms with E-state index in [1.54, 1.807) is 30.3 Å². The average molecular weight is 354 g/mol. The highest BCUT2D eigenvalue weighted by molar-refractivity contribution is 7.71. The van der Waals surface area contributed by atoms with Crippen molar-refractivity contribution in [2.24, 2.45) is 5.10 Å². The zero-order chi connectivity index (χ0) is 17.8. The first kappa shape index (κ1) is 16.8. The number of aromatic amines is 1. The van der Waals surface area contributed by atoms with Crippen LogP contribution in [0, 0.1) is 10.6 Å². The van der Waals surface area contributed by atoms with Crippen molar-refractivity contribution in [2.75, 3.05) is 0 Å². The summed E-state index contributed by atoms with van der Waals surface area (Å²) in [6, 6.07) is 11.6. The Kier molecular flexibility index (Phi) is 4.85. The number of allylic oxidation sites excluding steroid dienone is 1. The summed E-state index contributed by atoms with van der Waals surface area (Å²) in [4.78, 5) is 0. The van der Waals surface area contributed by atoms with Crippen molar-refractivity contribution in [3.63, 3.8) is 0 Å². The van der Waals surface area contributed by atoms with E-state index >= 15 is 0 Å². The standard InChI is InChI=1S/C18H15FN4OS/c1-2-6-12-7-5-8-13(16(12)24)11-20-23-17(21-22-18(23)25)14-9-3-4-10-15(14)19/h2-5,7-11,24H,1,6H2,(H,22,25)/b20-11-. The van der Waals surface area contributed by atoms with E-state index in [0.29, 0.717) is 12.0 Å². The van der Waals surface area contributed by atoms with E-state index < -0.39 is 5.82 Å². The molecule has 0 fully saturated rings. The first-order chi connectivity index (χ1) is 12.1. The minimum Gasteiger partial charge on any atom is -0.507 e. The van der Waals surface area contributed by atoms with Crippen LogP contribution >= 0.6 is 12.2 Å². The predicted molar refractivity (Wildman–Crippen MR) is 97.8 cm³/mol. The van der Waals surface area contributed by atoms with E-state index in [0.717, 1.165) is 5.56 Å². The number of hydrogen-bond acceptors (Lipinski definition) is 4. The Bertz CT molecular complexity index is 1010. The van der Waals surface area contributed by atoms with Gasteiger partial charge in [-0.1, -0.05) is 30.3 Å². The number of nitrogens with zero attached hydrogens (tertiary/aromatic N) is 3. The number of phenols is 1. The first-order valence-electron chi connectivity index (χ1n) is 7.50. The number of benzene rings is 2. The van der Waals surface area contributed by atoms with E-state index in [1.165, 1.54) is 17.0 Å². The van der Waals surface area contributed by atoms with E-state index in [1.807, 2.05) is 12.1 Å². The fourth-order valence-electron chi connectivity index (χ4n) is 2.37. The molecule has 3 rings (SSSR count). The Labute approximate surface area is 148 Å². The van der Waals surface area contributed by atoms with Gasteiger partial charge in [0.2, 0.25) is 4.77 Å². The molecule has 25 heavy (non-hydrogen) atoms. The molecule has 0 radical (unpaired) electrons. The summed E-state index contributed by atoms with van der Waals surface area (Å²) in [6.07, 6.45) is 3.70. The zero-order valence-corrected chi connectivity index (χ0v) is 14.0. The SMILES string of the molecule is C=CCc1cccc(/C=N\n2c(-c3ccccc3F)n[nH]c2=S)c1O. The second kappa shape index (κ2) is 7.23. The molecule has 0 spiro atoms. The minimum absolute atomic E-state index is 0.119. The van der Waals surface area contributed by atoms with Crippen LogP contribution in [0.2, 0.25) is 0 Å². The number of hydrogen-bond donors (Lipinski definition) is 2. The Balaban J connectivity index is 2.03. The lowest BCUT2D eigenvalue weighted by Crippen LogP contribution is -1.97. The molecule has 1 aromatic heterocycles. The van der Waals surface area contributed by atoms with Gasteiger partial charge in [0.1, 0.15) is 11.6 Å². The third-order valence-electron chi connectivity index (χ3n) is 3.59.